The van der Waals surface area contributed by atoms with Gasteiger partial charge < -0.3 is 9.84 Å². The monoisotopic (exact) mass is 328 g/mol. The summed E-state index contributed by atoms with van der Waals surface area (Å²) in [6.07, 6.45) is 18.4. The molecule has 0 spiro atoms. The van der Waals surface area contributed by atoms with E-state index < -0.39 is 0 Å². The van der Waals surface area contributed by atoms with Crippen molar-refractivity contribution < 1.29 is 14.6 Å². The number of aliphatic hydroxyl groups excluding tert-OH is 1. The summed E-state index contributed by atoms with van der Waals surface area (Å²) in [5.41, 5.74) is 0. The fourth-order valence-electron chi connectivity index (χ4n) is 2.94. The van der Waals surface area contributed by atoms with E-state index in [1.807, 2.05) is 0 Å². The largest absolute Gasteiger partial charge is 0.469 e. The zero-order chi connectivity index (χ0) is 17.2. The Hall–Kier alpha value is -0.570. The number of carbonyl (C=O) groups excluding carboxylic acids is 1. The van der Waals surface area contributed by atoms with E-state index in [1.165, 1.54) is 71.3 Å². The summed E-state index contributed by atoms with van der Waals surface area (Å²) in [5, 5.41) is 9.97. The van der Waals surface area contributed by atoms with Gasteiger partial charge in [0.15, 0.2) is 0 Å². The molecule has 23 heavy (non-hydrogen) atoms. The number of methoxy groups -OCH3 is 1. The smallest absolute Gasteiger partial charge is 0.305 e. The quantitative estimate of drug-likeness (QED) is 0.272. The topological polar surface area (TPSA) is 46.5 Å². The van der Waals surface area contributed by atoms with Gasteiger partial charge in [-0.15, -0.1) is 0 Å². The summed E-state index contributed by atoms with van der Waals surface area (Å²) in [7, 11) is 1.44. The number of rotatable bonds is 17. The van der Waals surface area contributed by atoms with Crippen LogP contribution in [0.1, 0.15) is 110 Å². The maximum Gasteiger partial charge on any atom is 0.305 e. The van der Waals surface area contributed by atoms with Gasteiger partial charge in [-0.25, -0.2) is 0 Å². The molecule has 0 aliphatic rings. The second kappa shape index (κ2) is 17.8. The SMILES string of the molecule is CCCCCCCCCC(O)CCCCCCCCC(=O)OC. The van der Waals surface area contributed by atoms with Crippen LogP contribution in [0, 0.1) is 0 Å². The van der Waals surface area contributed by atoms with Gasteiger partial charge in [0.05, 0.1) is 13.2 Å². The van der Waals surface area contributed by atoms with E-state index in [-0.39, 0.29) is 12.1 Å². The average Bonchev–Trinajstić information content (AvgIpc) is 2.56. The molecular weight excluding hydrogens is 288 g/mol. The molecule has 3 nitrogen and oxygen atoms in total. The summed E-state index contributed by atoms with van der Waals surface area (Å²) >= 11 is 0. The first kappa shape index (κ1) is 22.4. The molecule has 0 saturated heterocycles. The lowest BCUT2D eigenvalue weighted by molar-refractivity contribution is -0.140. The Morgan fingerprint density at radius 2 is 1.22 bits per heavy atom. The van der Waals surface area contributed by atoms with Crippen LogP contribution in [0.4, 0.5) is 0 Å². The predicted octanol–water partition coefficient (Wildman–Crippen LogP) is 5.78. The Balaban J connectivity index is 3.18. The molecule has 0 heterocycles. The second-order valence-corrected chi connectivity index (χ2v) is 6.80. The minimum Gasteiger partial charge on any atom is -0.469 e. The molecule has 1 unspecified atom stereocenters. The van der Waals surface area contributed by atoms with Crippen LogP contribution in [0.5, 0.6) is 0 Å². The second-order valence-electron chi connectivity index (χ2n) is 6.80. The van der Waals surface area contributed by atoms with Crippen molar-refractivity contribution in [1.29, 1.82) is 0 Å². The first-order chi connectivity index (χ1) is 11.2. The van der Waals surface area contributed by atoms with Crippen molar-refractivity contribution in [1.82, 2.24) is 0 Å². The molecule has 0 radical (unpaired) electrons. The van der Waals surface area contributed by atoms with Crippen LogP contribution in [0.15, 0.2) is 0 Å². The van der Waals surface area contributed by atoms with E-state index >= 15 is 0 Å². The fraction of sp³-hybridized carbons (Fsp3) is 0.950. The van der Waals surface area contributed by atoms with E-state index in [1.54, 1.807) is 0 Å². The molecule has 0 aliphatic heterocycles. The number of hydrogen-bond acceptors (Lipinski definition) is 3. The first-order valence-electron chi connectivity index (χ1n) is 9.95. The highest BCUT2D eigenvalue weighted by molar-refractivity contribution is 5.68. The van der Waals surface area contributed by atoms with Crippen LogP contribution < -0.4 is 0 Å². The van der Waals surface area contributed by atoms with Crippen molar-refractivity contribution in [3.63, 3.8) is 0 Å². The minimum absolute atomic E-state index is 0.0926. The first-order valence-corrected chi connectivity index (χ1v) is 9.95. The Morgan fingerprint density at radius 3 is 1.70 bits per heavy atom. The average molecular weight is 329 g/mol. The molecule has 0 rings (SSSR count). The van der Waals surface area contributed by atoms with Crippen LogP contribution in [0.2, 0.25) is 0 Å². The lowest BCUT2D eigenvalue weighted by Gasteiger charge is -2.10. The molecule has 0 amide bonds. The predicted molar refractivity (Wildman–Crippen MR) is 97.6 cm³/mol. The molecule has 0 aromatic carbocycles. The molecule has 3 heteroatoms. The summed E-state index contributed by atoms with van der Waals surface area (Å²) in [6, 6.07) is 0. The molecule has 0 fully saturated rings. The number of unbranched alkanes of at least 4 members (excludes halogenated alkanes) is 11. The Morgan fingerprint density at radius 1 is 0.783 bits per heavy atom. The molecular formula is C20H40O3. The minimum atomic E-state index is -0.0986. The Labute approximate surface area is 144 Å². The lowest BCUT2D eigenvalue weighted by Crippen LogP contribution is -2.05. The molecule has 0 saturated carbocycles. The third-order valence-electron chi connectivity index (χ3n) is 4.54. The Bertz CT molecular complexity index is 253. The molecule has 138 valence electrons. The van der Waals surface area contributed by atoms with Crippen molar-refractivity contribution in [2.45, 2.75) is 116 Å². The van der Waals surface area contributed by atoms with Gasteiger partial charge in [-0.2, -0.15) is 0 Å². The van der Waals surface area contributed by atoms with E-state index in [9.17, 15) is 9.90 Å². The molecule has 0 aromatic rings. The third-order valence-corrected chi connectivity index (χ3v) is 4.54. The zero-order valence-electron chi connectivity index (χ0n) is 15.7. The van der Waals surface area contributed by atoms with E-state index in [2.05, 4.69) is 11.7 Å². The number of aliphatic hydroxyl groups is 1. The number of ether oxygens (including phenoxy) is 1. The highest BCUT2D eigenvalue weighted by atomic mass is 16.5. The van der Waals surface area contributed by atoms with Gasteiger partial charge in [-0.05, 0) is 19.3 Å². The third kappa shape index (κ3) is 17.6. The van der Waals surface area contributed by atoms with Crippen LogP contribution in [-0.2, 0) is 9.53 Å². The standard InChI is InChI=1S/C20H40O3/c1-3-4-5-6-7-10-13-16-19(21)17-14-11-8-9-12-15-18-20(22)23-2/h19,21H,3-18H2,1-2H3. The van der Waals surface area contributed by atoms with Gasteiger partial charge in [0.1, 0.15) is 0 Å². The molecule has 1 N–H and O–H groups in total. The molecule has 0 aromatic heterocycles. The van der Waals surface area contributed by atoms with Gasteiger partial charge in [0.25, 0.3) is 0 Å². The van der Waals surface area contributed by atoms with Gasteiger partial charge in [-0.3, -0.25) is 4.79 Å². The van der Waals surface area contributed by atoms with Crippen molar-refractivity contribution in [3.8, 4) is 0 Å². The summed E-state index contributed by atoms with van der Waals surface area (Å²) < 4.78 is 4.62. The van der Waals surface area contributed by atoms with E-state index in [4.69, 9.17) is 0 Å². The summed E-state index contributed by atoms with van der Waals surface area (Å²) in [6.45, 7) is 2.25. The van der Waals surface area contributed by atoms with Crippen LogP contribution in [0.25, 0.3) is 0 Å². The zero-order valence-corrected chi connectivity index (χ0v) is 15.7. The van der Waals surface area contributed by atoms with Gasteiger partial charge in [-0.1, -0.05) is 84.0 Å². The summed E-state index contributed by atoms with van der Waals surface area (Å²) in [5.74, 6) is -0.0986. The Kier molecular flexibility index (Phi) is 17.3. The lowest BCUT2D eigenvalue weighted by atomic mass is 10.0. The van der Waals surface area contributed by atoms with E-state index in [0.29, 0.717) is 6.42 Å². The maximum atomic E-state index is 10.9. The maximum absolute atomic E-state index is 10.9. The van der Waals surface area contributed by atoms with Crippen molar-refractivity contribution in [3.05, 3.63) is 0 Å². The molecule has 1 atom stereocenters. The van der Waals surface area contributed by atoms with Crippen molar-refractivity contribution in [2.75, 3.05) is 7.11 Å². The van der Waals surface area contributed by atoms with Crippen LogP contribution in [0.3, 0.4) is 0 Å². The number of carbonyl (C=O) groups is 1. The van der Waals surface area contributed by atoms with Crippen molar-refractivity contribution in [2.24, 2.45) is 0 Å². The van der Waals surface area contributed by atoms with Gasteiger partial charge in [0.2, 0.25) is 0 Å². The van der Waals surface area contributed by atoms with Crippen LogP contribution in [-0.4, -0.2) is 24.3 Å². The molecule has 0 aliphatic carbocycles. The molecule has 0 bridgehead atoms. The van der Waals surface area contributed by atoms with Gasteiger partial charge in [0, 0.05) is 6.42 Å². The highest BCUT2D eigenvalue weighted by Crippen LogP contribution is 2.14. The van der Waals surface area contributed by atoms with E-state index in [0.717, 1.165) is 32.1 Å². The number of hydrogen-bond donors (Lipinski definition) is 1. The van der Waals surface area contributed by atoms with Crippen molar-refractivity contribution >= 4 is 5.97 Å². The van der Waals surface area contributed by atoms with Gasteiger partial charge >= 0.3 is 5.97 Å². The fourth-order valence-corrected chi connectivity index (χ4v) is 2.94. The highest BCUT2D eigenvalue weighted by Gasteiger charge is 2.04. The number of esters is 1. The normalized spacial score (nSPS) is 12.3. The summed E-state index contributed by atoms with van der Waals surface area (Å²) in [4.78, 5) is 10.9. The van der Waals surface area contributed by atoms with Crippen LogP contribution >= 0.6 is 0 Å².